The number of carboxylic acid groups (broad SMARTS) is 2. The summed E-state index contributed by atoms with van der Waals surface area (Å²) in [5.41, 5.74) is 2.62. The van der Waals surface area contributed by atoms with Crippen molar-refractivity contribution in [2.45, 2.75) is 18.9 Å². The van der Waals surface area contributed by atoms with Crippen LogP contribution < -0.4 is 9.64 Å². The number of halogens is 1. The van der Waals surface area contributed by atoms with Crippen LogP contribution in [0.1, 0.15) is 24.4 Å². The molecule has 0 saturated carbocycles. The molecule has 9 heteroatoms. The molecule has 178 valence electrons. The third-order valence-electron chi connectivity index (χ3n) is 5.46. The minimum absolute atomic E-state index is 0. The van der Waals surface area contributed by atoms with Crippen LogP contribution >= 0.6 is 11.6 Å². The molecular weight excluding hydrogens is 448 g/mol. The van der Waals surface area contributed by atoms with E-state index in [1.165, 1.54) is 11.3 Å². The number of hydrogen-bond donors (Lipinski definition) is 2. The lowest BCUT2D eigenvalue weighted by Crippen LogP contribution is -2.47. The van der Waals surface area contributed by atoms with Crippen LogP contribution in [0, 0.1) is 0 Å². The van der Waals surface area contributed by atoms with E-state index in [0.717, 1.165) is 56.4 Å². The van der Waals surface area contributed by atoms with Gasteiger partial charge in [-0.1, -0.05) is 35.9 Å². The van der Waals surface area contributed by atoms with Gasteiger partial charge in [-0.15, -0.1) is 0 Å². The van der Waals surface area contributed by atoms with Crippen molar-refractivity contribution in [1.29, 1.82) is 0 Å². The molecule has 4 rings (SSSR count). The summed E-state index contributed by atoms with van der Waals surface area (Å²) in [5, 5.41) is 16.4. The van der Waals surface area contributed by atoms with Crippen molar-refractivity contribution in [3.63, 3.8) is 0 Å². The predicted octanol–water partition coefficient (Wildman–Crippen LogP) is 3.26. The minimum Gasteiger partial charge on any atom is -0.493 e. The lowest BCUT2D eigenvalue weighted by atomic mass is 9.99. The second kappa shape index (κ2) is 12.8. The molecule has 8 nitrogen and oxygen atoms in total. The van der Waals surface area contributed by atoms with Crippen LogP contribution in [-0.4, -0.2) is 65.3 Å². The van der Waals surface area contributed by atoms with Crippen molar-refractivity contribution in [2.75, 3.05) is 37.7 Å². The number of hydrogen-bond acceptors (Lipinski definition) is 5. The maximum absolute atomic E-state index is 9.55. The summed E-state index contributed by atoms with van der Waals surface area (Å²) >= 11 is 6.15. The molecule has 2 heterocycles. The van der Waals surface area contributed by atoms with Gasteiger partial charge in [0, 0.05) is 60.6 Å². The third kappa shape index (κ3) is 7.78. The molecule has 33 heavy (non-hydrogen) atoms. The summed E-state index contributed by atoms with van der Waals surface area (Å²) in [6, 6.07) is 17.3. The molecule has 0 amide bonds. The Bertz CT molecular complexity index is 929. The maximum atomic E-state index is 9.55. The van der Waals surface area contributed by atoms with Gasteiger partial charge in [-0.05, 0) is 37.1 Å². The Kier molecular flexibility index (Phi) is 10.2. The molecule has 2 aliphatic rings. The van der Waals surface area contributed by atoms with Crippen molar-refractivity contribution in [3.8, 4) is 5.75 Å². The van der Waals surface area contributed by atoms with Gasteiger partial charge in [0.25, 0.3) is 0 Å². The number of rotatable bonds is 4. The number of benzene rings is 2. The average Bonchev–Trinajstić information content (AvgIpc) is 3.01. The van der Waals surface area contributed by atoms with Gasteiger partial charge in [-0.3, -0.25) is 4.90 Å². The predicted molar refractivity (Wildman–Crippen MR) is 127 cm³/mol. The zero-order chi connectivity index (χ0) is 22.9. The number of nitrogens with zero attached hydrogens (tertiary/aromatic N) is 2. The Morgan fingerprint density at radius 2 is 1.61 bits per heavy atom. The van der Waals surface area contributed by atoms with Gasteiger partial charge in [-0.25, -0.2) is 9.59 Å². The number of fused-ring (bicyclic) bond motifs is 1. The number of para-hydroxylation sites is 1. The molecule has 1 atom stereocenters. The normalized spacial score (nSPS) is 18.1. The topological polar surface area (TPSA) is 122 Å². The standard InChI is InChI=1S/C20H23ClN2O.C4H4O4.H2O/c21-16-8-9-18-19(7-4-14-24-20(18)15-16)23-12-10-22(11-13-23)17-5-2-1-3-6-17;5-3(6)1-2-4(7)8;/h1-3,5-6,8-9,15,19H,4,7,10-14H2;1-2H,(H,5,6)(H,7,8);1H2/b;2-1-;. The largest absolute Gasteiger partial charge is 0.493 e. The molecule has 0 bridgehead atoms. The highest BCUT2D eigenvalue weighted by molar-refractivity contribution is 6.30. The van der Waals surface area contributed by atoms with Crippen molar-refractivity contribution in [1.82, 2.24) is 4.90 Å². The van der Waals surface area contributed by atoms with Gasteiger partial charge in [0.1, 0.15) is 5.75 Å². The number of carboxylic acids is 2. The fourth-order valence-corrected chi connectivity index (χ4v) is 4.14. The highest BCUT2D eigenvalue weighted by Gasteiger charge is 2.28. The molecule has 1 unspecified atom stereocenters. The van der Waals surface area contributed by atoms with Gasteiger partial charge >= 0.3 is 11.9 Å². The lowest BCUT2D eigenvalue weighted by molar-refractivity contribution is -0.134. The quantitative estimate of drug-likeness (QED) is 0.649. The minimum atomic E-state index is -1.26. The first-order chi connectivity index (χ1) is 15.4. The van der Waals surface area contributed by atoms with Crippen LogP contribution in [-0.2, 0) is 9.59 Å². The van der Waals surface area contributed by atoms with Crippen LogP contribution in [0.5, 0.6) is 5.75 Å². The summed E-state index contributed by atoms with van der Waals surface area (Å²) in [4.78, 5) is 24.2. The molecule has 2 aromatic carbocycles. The Morgan fingerprint density at radius 1 is 0.970 bits per heavy atom. The number of aliphatic carboxylic acids is 2. The Hall–Kier alpha value is -3.07. The fraction of sp³-hybridized carbons (Fsp3) is 0.333. The molecule has 2 aliphatic heterocycles. The highest BCUT2D eigenvalue weighted by Crippen LogP contribution is 2.37. The molecule has 2 aromatic rings. The molecular formula is C24H29ClN2O6. The summed E-state index contributed by atoms with van der Waals surface area (Å²) in [5.74, 6) is -1.55. The number of anilines is 1. The van der Waals surface area contributed by atoms with Gasteiger partial charge in [0.05, 0.1) is 6.61 Å². The first-order valence-corrected chi connectivity index (χ1v) is 10.9. The number of piperazine rings is 1. The molecule has 0 aromatic heterocycles. The molecule has 4 N–H and O–H groups in total. The fourth-order valence-electron chi connectivity index (χ4n) is 3.98. The van der Waals surface area contributed by atoms with Crippen LogP contribution in [0.4, 0.5) is 5.69 Å². The number of carbonyl (C=O) groups is 2. The maximum Gasteiger partial charge on any atom is 0.328 e. The smallest absolute Gasteiger partial charge is 0.328 e. The molecule has 1 fully saturated rings. The Morgan fingerprint density at radius 3 is 2.21 bits per heavy atom. The molecule has 1 saturated heterocycles. The van der Waals surface area contributed by atoms with Gasteiger partial charge in [-0.2, -0.15) is 0 Å². The van der Waals surface area contributed by atoms with Crippen molar-refractivity contribution < 1.29 is 30.0 Å². The van der Waals surface area contributed by atoms with E-state index in [-0.39, 0.29) is 5.48 Å². The first-order valence-electron chi connectivity index (χ1n) is 10.5. The van der Waals surface area contributed by atoms with Crippen molar-refractivity contribution in [2.24, 2.45) is 0 Å². The Balaban J connectivity index is 0.000000372. The summed E-state index contributed by atoms with van der Waals surface area (Å²) < 4.78 is 5.92. The van der Waals surface area contributed by atoms with E-state index in [9.17, 15) is 9.59 Å². The number of ether oxygens (including phenoxy) is 1. The van der Waals surface area contributed by atoms with Crippen LogP contribution in [0.2, 0.25) is 5.02 Å². The van der Waals surface area contributed by atoms with Gasteiger partial charge in [0.2, 0.25) is 0 Å². The van der Waals surface area contributed by atoms with Crippen LogP contribution in [0.25, 0.3) is 0 Å². The van der Waals surface area contributed by atoms with Crippen molar-refractivity contribution in [3.05, 3.63) is 71.3 Å². The Labute approximate surface area is 198 Å². The summed E-state index contributed by atoms with van der Waals surface area (Å²) in [6.07, 6.45) is 3.36. The second-order valence-electron chi connectivity index (χ2n) is 7.56. The molecule has 0 aliphatic carbocycles. The van der Waals surface area contributed by atoms with E-state index in [1.54, 1.807) is 0 Å². The second-order valence-corrected chi connectivity index (χ2v) is 7.99. The van der Waals surface area contributed by atoms with Crippen molar-refractivity contribution >= 4 is 29.2 Å². The third-order valence-corrected chi connectivity index (χ3v) is 5.69. The van der Waals surface area contributed by atoms with E-state index in [2.05, 4.69) is 46.2 Å². The van der Waals surface area contributed by atoms with E-state index in [0.29, 0.717) is 18.2 Å². The molecule has 0 spiro atoms. The zero-order valence-electron chi connectivity index (χ0n) is 18.2. The highest BCUT2D eigenvalue weighted by atomic mass is 35.5. The average molecular weight is 477 g/mol. The van der Waals surface area contributed by atoms with Gasteiger partial charge < -0.3 is 25.3 Å². The van der Waals surface area contributed by atoms with Crippen LogP contribution in [0.15, 0.2) is 60.7 Å². The van der Waals surface area contributed by atoms with Gasteiger partial charge in [0.15, 0.2) is 0 Å². The summed E-state index contributed by atoms with van der Waals surface area (Å²) in [7, 11) is 0. The van der Waals surface area contributed by atoms with E-state index in [4.69, 9.17) is 26.6 Å². The monoisotopic (exact) mass is 476 g/mol. The lowest BCUT2D eigenvalue weighted by Gasteiger charge is -2.40. The van der Waals surface area contributed by atoms with Crippen LogP contribution in [0.3, 0.4) is 0 Å². The van der Waals surface area contributed by atoms with E-state index < -0.39 is 11.9 Å². The zero-order valence-corrected chi connectivity index (χ0v) is 18.9. The molecule has 0 radical (unpaired) electrons. The SMILES string of the molecule is Clc1ccc2c(c1)OCCCC2N1CCN(c2ccccc2)CC1.O.O=C(O)/C=C\C(=O)O. The van der Waals surface area contributed by atoms with E-state index >= 15 is 0 Å². The summed E-state index contributed by atoms with van der Waals surface area (Å²) in [6.45, 7) is 5.10. The first kappa shape index (κ1) is 26.2. The van der Waals surface area contributed by atoms with E-state index in [1.807, 2.05) is 12.1 Å².